The first-order valence-corrected chi connectivity index (χ1v) is 5.11. The first kappa shape index (κ1) is 9.46. The van der Waals surface area contributed by atoms with E-state index in [0.29, 0.717) is 12.0 Å². The molecule has 2 unspecified atom stereocenters. The van der Waals surface area contributed by atoms with Crippen molar-refractivity contribution in [3.8, 4) is 0 Å². The normalized spacial score (nSPS) is 23.4. The van der Waals surface area contributed by atoms with Gasteiger partial charge < -0.3 is 10.1 Å². The fraction of sp³-hybridized carbons (Fsp3) is 0.545. The second kappa shape index (κ2) is 4.42. The first-order chi connectivity index (χ1) is 6.86. The van der Waals surface area contributed by atoms with Gasteiger partial charge in [0.15, 0.2) is 0 Å². The van der Waals surface area contributed by atoms with E-state index in [1.807, 2.05) is 18.2 Å². The monoisotopic (exact) mass is 192 g/mol. The summed E-state index contributed by atoms with van der Waals surface area (Å²) in [5.74, 6) is 1.57. The zero-order chi connectivity index (χ0) is 9.80. The van der Waals surface area contributed by atoms with Gasteiger partial charge in [-0.2, -0.15) is 0 Å². The SMILES string of the molecule is CC(Nc1ccccn1)C1CCOC1. The lowest BCUT2D eigenvalue weighted by Crippen LogP contribution is -2.26. The maximum atomic E-state index is 5.36. The van der Waals surface area contributed by atoms with Gasteiger partial charge in [0.25, 0.3) is 0 Å². The highest BCUT2D eigenvalue weighted by molar-refractivity contribution is 5.34. The van der Waals surface area contributed by atoms with E-state index in [4.69, 9.17) is 4.74 Å². The molecule has 1 aliphatic heterocycles. The molecule has 76 valence electrons. The summed E-state index contributed by atoms with van der Waals surface area (Å²) >= 11 is 0. The van der Waals surface area contributed by atoms with Gasteiger partial charge in [-0.1, -0.05) is 6.07 Å². The van der Waals surface area contributed by atoms with Crippen LogP contribution in [0.25, 0.3) is 0 Å². The second-order valence-electron chi connectivity index (χ2n) is 3.77. The number of anilines is 1. The fourth-order valence-electron chi connectivity index (χ4n) is 1.75. The van der Waals surface area contributed by atoms with Crippen molar-refractivity contribution in [1.82, 2.24) is 4.98 Å². The molecule has 0 aliphatic carbocycles. The van der Waals surface area contributed by atoms with Crippen LogP contribution in [-0.2, 0) is 4.74 Å². The van der Waals surface area contributed by atoms with E-state index in [0.717, 1.165) is 25.5 Å². The van der Waals surface area contributed by atoms with E-state index in [1.54, 1.807) is 6.20 Å². The van der Waals surface area contributed by atoms with Gasteiger partial charge in [-0.15, -0.1) is 0 Å². The Hall–Kier alpha value is -1.09. The largest absolute Gasteiger partial charge is 0.381 e. The molecule has 1 N–H and O–H groups in total. The molecular weight excluding hydrogens is 176 g/mol. The summed E-state index contributed by atoms with van der Waals surface area (Å²) in [6, 6.07) is 6.35. The van der Waals surface area contributed by atoms with E-state index >= 15 is 0 Å². The molecule has 2 rings (SSSR count). The van der Waals surface area contributed by atoms with Crippen molar-refractivity contribution in [3.05, 3.63) is 24.4 Å². The van der Waals surface area contributed by atoms with Crippen molar-refractivity contribution in [2.24, 2.45) is 5.92 Å². The standard InChI is InChI=1S/C11H16N2O/c1-9(10-5-7-14-8-10)13-11-4-2-3-6-12-11/h2-4,6,9-10H,5,7-8H2,1H3,(H,12,13). The summed E-state index contributed by atoms with van der Waals surface area (Å²) in [5.41, 5.74) is 0. The summed E-state index contributed by atoms with van der Waals surface area (Å²) < 4.78 is 5.36. The van der Waals surface area contributed by atoms with Gasteiger partial charge in [-0.3, -0.25) is 0 Å². The molecule has 0 spiro atoms. The van der Waals surface area contributed by atoms with Crippen LogP contribution in [0.5, 0.6) is 0 Å². The van der Waals surface area contributed by atoms with Crippen LogP contribution in [-0.4, -0.2) is 24.2 Å². The third-order valence-electron chi connectivity index (χ3n) is 2.71. The highest BCUT2D eigenvalue weighted by atomic mass is 16.5. The van der Waals surface area contributed by atoms with Gasteiger partial charge in [0.2, 0.25) is 0 Å². The average molecular weight is 192 g/mol. The molecule has 0 amide bonds. The number of aromatic nitrogens is 1. The molecule has 1 aliphatic rings. The molecule has 0 saturated carbocycles. The van der Waals surface area contributed by atoms with Gasteiger partial charge >= 0.3 is 0 Å². The number of pyridine rings is 1. The molecule has 3 nitrogen and oxygen atoms in total. The summed E-state index contributed by atoms with van der Waals surface area (Å²) in [4.78, 5) is 4.24. The molecule has 1 aromatic heterocycles. The number of hydrogen-bond donors (Lipinski definition) is 1. The summed E-state index contributed by atoms with van der Waals surface area (Å²) in [5, 5.41) is 3.39. The summed E-state index contributed by atoms with van der Waals surface area (Å²) in [6.45, 7) is 3.97. The lowest BCUT2D eigenvalue weighted by atomic mass is 10.0. The van der Waals surface area contributed by atoms with Gasteiger partial charge in [0, 0.05) is 24.8 Å². The van der Waals surface area contributed by atoms with Crippen LogP contribution in [0, 0.1) is 5.92 Å². The number of hydrogen-bond acceptors (Lipinski definition) is 3. The molecule has 14 heavy (non-hydrogen) atoms. The predicted octanol–water partition coefficient (Wildman–Crippen LogP) is 1.92. The lowest BCUT2D eigenvalue weighted by molar-refractivity contribution is 0.183. The Bertz CT molecular complexity index is 270. The molecule has 0 bridgehead atoms. The number of nitrogens with zero attached hydrogens (tertiary/aromatic N) is 1. The van der Waals surface area contributed by atoms with Crippen molar-refractivity contribution in [2.75, 3.05) is 18.5 Å². The van der Waals surface area contributed by atoms with Gasteiger partial charge in [0.05, 0.1) is 6.61 Å². The molecule has 3 heteroatoms. The zero-order valence-electron chi connectivity index (χ0n) is 8.44. The van der Waals surface area contributed by atoms with Gasteiger partial charge in [0.1, 0.15) is 5.82 Å². The Morgan fingerprint density at radius 2 is 2.50 bits per heavy atom. The van der Waals surface area contributed by atoms with Crippen molar-refractivity contribution < 1.29 is 4.74 Å². The summed E-state index contributed by atoms with van der Waals surface area (Å²) in [7, 11) is 0. The molecule has 1 aromatic rings. The predicted molar refractivity (Wildman–Crippen MR) is 56.2 cm³/mol. The van der Waals surface area contributed by atoms with E-state index in [1.165, 1.54) is 0 Å². The number of rotatable bonds is 3. The highest BCUT2D eigenvalue weighted by Crippen LogP contribution is 2.18. The van der Waals surface area contributed by atoms with Crippen LogP contribution in [0.2, 0.25) is 0 Å². The van der Waals surface area contributed by atoms with Crippen LogP contribution in [0.4, 0.5) is 5.82 Å². The van der Waals surface area contributed by atoms with Crippen LogP contribution < -0.4 is 5.32 Å². The van der Waals surface area contributed by atoms with Crippen LogP contribution in [0.15, 0.2) is 24.4 Å². The second-order valence-corrected chi connectivity index (χ2v) is 3.77. The molecule has 2 atom stereocenters. The Morgan fingerprint density at radius 1 is 1.57 bits per heavy atom. The Balaban J connectivity index is 1.90. The third kappa shape index (κ3) is 2.23. The van der Waals surface area contributed by atoms with Crippen LogP contribution in [0.3, 0.4) is 0 Å². The average Bonchev–Trinajstić information content (AvgIpc) is 2.72. The molecule has 1 fully saturated rings. The Kier molecular flexibility index (Phi) is 2.99. The quantitative estimate of drug-likeness (QED) is 0.794. The maximum absolute atomic E-state index is 5.36. The lowest BCUT2D eigenvalue weighted by Gasteiger charge is -2.19. The summed E-state index contributed by atoms with van der Waals surface area (Å²) in [6.07, 6.45) is 2.96. The van der Waals surface area contributed by atoms with E-state index in [-0.39, 0.29) is 0 Å². The molecule has 0 aromatic carbocycles. The number of ether oxygens (including phenoxy) is 1. The smallest absolute Gasteiger partial charge is 0.126 e. The minimum absolute atomic E-state index is 0.437. The van der Waals surface area contributed by atoms with Crippen molar-refractivity contribution >= 4 is 5.82 Å². The first-order valence-electron chi connectivity index (χ1n) is 5.11. The Labute approximate surface area is 84.5 Å². The van der Waals surface area contributed by atoms with Gasteiger partial charge in [-0.05, 0) is 25.5 Å². The minimum Gasteiger partial charge on any atom is -0.381 e. The molecule has 1 saturated heterocycles. The molecule has 0 radical (unpaired) electrons. The van der Waals surface area contributed by atoms with Crippen molar-refractivity contribution in [2.45, 2.75) is 19.4 Å². The van der Waals surface area contributed by atoms with E-state index < -0.39 is 0 Å². The fourth-order valence-corrected chi connectivity index (χ4v) is 1.75. The van der Waals surface area contributed by atoms with Crippen molar-refractivity contribution in [1.29, 1.82) is 0 Å². The molecular formula is C11H16N2O. The van der Waals surface area contributed by atoms with Gasteiger partial charge in [-0.25, -0.2) is 4.98 Å². The third-order valence-corrected chi connectivity index (χ3v) is 2.71. The maximum Gasteiger partial charge on any atom is 0.126 e. The highest BCUT2D eigenvalue weighted by Gasteiger charge is 2.22. The molecule has 2 heterocycles. The van der Waals surface area contributed by atoms with Crippen molar-refractivity contribution in [3.63, 3.8) is 0 Å². The van der Waals surface area contributed by atoms with E-state index in [2.05, 4.69) is 17.2 Å². The topological polar surface area (TPSA) is 34.2 Å². The zero-order valence-corrected chi connectivity index (χ0v) is 8.44. The minimum atomic E-state index is 0.437. The van der Waals surface area contributed by atoms with E-state index in [9.17, 15) is 0 Å². The van der Waals surface area contributed by atoms with Crippen LogP contribution >= 0.6 is 0 Å². The van der Waals surface area contributed by atoms with Crippen LogP contribution in [0.1, 0.15) is 13.3 Å². The Morgan fingerprint density at radius 3 is 3.14 bits per heavy atom. The number of nitrogens with one attached hydrogen (secondary N) is 1.